The SMILES string of the molecule is OCC1(CNCc2ccco2)CCCCC1. The third-order valence-electron chi connectivity index (χ3n) is 3.63. The summed E-state index contributed by atoms with van der Waals surface area (Å²) >= 11 is 0. The Morgan fingerprint density at radius 3 is 2.75 bits per heavy atom. The minimum atomic E-state index is 0.116. The molecule has 3 nitrogen and oxygen atoms in total. The molecule has 0 aliphatic heterocycles. The molecule has 0 amide bonds. The van der Waals surface area contributed by atoms with Crippen LogP contribution in [0.2, 0.25) is 0 Å². The fraction of sp³-hybridized carbons (Fsp3) is 0.692. The van der Waals surface area contributed by atoms with E-state index in [0.717, 1.165) is 31.7 Å². The molecule has 2 N–H and O–H groups in total. The van der Waals surface area contributed by atoms with Crippen LogP contribution in [-0.2, 0) is 6.54 Å². The predicted octanol–water partition coefficient (Wildman–Crippen LogP) is 2.31. The maximum absolute atomic E-state index is 9.54. The van der Waals surface area contributed by atoms with Gasteiger partial charge in [-0.1, -0.05) is 19.3 Å². The van der Waals surface area contributed by atoms with Crippen molar-refractivity contribution in [2.45, 2.75) is 38.6 Å². The van der Waals surface area contributed by atoms with Gasteiger partial charge < -0.3 is 14.8 Å². The maximum atomic E-state index is 9.54. The molecule has 2 rings (SSSR count). The van der Waals surface area contributed by atoms with Gasteiger partial charge in [-0.15, -0.1) is 0 Å². The monoisotopic (exact) mass is 223 g/mol. The molecule has 1 fully saturated rings. The van der Waals surface area contributed by atoms with Gasteiger partial charge in [0.25, 0.3) is 0 Å². The maximum Gasteiger partial charge on any atom is 0.117 e. The van der Waals surface area contributed by atoms with Gasteiger partial charge in [-0.3, -0.25) is 0 Å². The van der Waals surface area contributed by atoms with Crippen molar-refractivity contribution in [3.63, 3.8) is 0 Å². The zero-order chi connectivity index (χ0) is 11.3. The van der Waals surface area contributed by atoms with Gasteiger partial charge in [0, 0.05) is 18.6 Å². The zero-order valence-corrected chi connectivity index (χ0v) is 9.74. The normalized spacial score (nSPS) is 19.8. The Balaban J connectivity index is 1.78. The molecule has 0 atom stereocenters. The third kappa shape index (κ3) is 2.86. The second-order valence-electron chi connectivity index (χ2n) is 4.90. The molecule has 90 valence electrons. The highest BCUT2D eigenvalue weighted by Crippen LogP contribution is 2.35. The van der Waals surface area contributed by atoms with Gasteiger partial charge >= 0.3 is 0 Å². The van der Waals surface area contributed by atoms with Crippen LogP contribution in [0.4, 0.5) is 0 Å². The molecule has 1 aromatic rings. The van der Waals surface area contributed by atoms with Crippen molar-refractivity contribution >= 4 is 0 Å². The van der Waals surface area contributed by atoms with Crippen LogP contribution in [-0.4, -0.2) is 18.3 Å². The fourth-order valence-corrected chi connectivity index (χ4v) is 2.56. The largest absolute Gasteiger partial charge is 0.468 e. The lowest BCUT2D eigenvalue weighted by Gasteiger charge is -2.35. The molecule has 0 saturated heterocycles. The van der Waals surface area contributed by atoms with Crippen LogP contribution in [0.5, 0.6) is 0 Å². The van der Waals surface area contributed by atoms with Crippen LogP contribution in [0.15, 0.2) is 22.8 Å². The van der Waals surface area contributed by atoms with Crippen molar-refractivity contribution in [2.24, 2.45) is 5.41 Å². The predicted molar refractivity (Wildman–Crippen MR) is 63.0 cm³/mol. The second-order valence-corrected chi connectivity index (χ2v) is 4.90. The lowest BCUT2D eigenvalue weighted by molar-refractivity contribution is 0.0806. The molecule has 0 aromatic carbocycles. The number of furan rings is 1. The topological polar surface area (TPSA) is 45.4 Å². The Morgan fingerprint density at radius 1 is 1.31 bits per heavy atom. The summed E-state index contributed by atoms with van der Waals surface area (Å²) in [7, 11) is 0. The van der Waals surface area contributed by atoms with E-state index in [1.165, 1.54) is 19.3 Å². The van der Waals surface area contributed by atoms with Crippen LogP contribution < -0.4 is 5.32 Å². The molecule has 0 unspecified atom stereocenters. The fourth-order valence-electron chi connectivity index (χ4n) is 2.56. The Bertz CT molecular complexity index is 289. The Morgan fingerprint density at radius 2 is 2.12 bits per heavy atom. The van der Waals surface area contributed by atoms with Crippen LogP contribution in [0.3, 0.4) is 0 Å². The molecule has 16 heavy (non-hydrogen) atoms. The van der Waals surface area contributed by atoms with Gasteiger partial charge in [0.2, 0.25) is 0 Å². The first-order valence-corrected chi connectivity index (χ1v) is 6.19. The molecule has 1 heterocycles. The standard InChI is InChI=1S/C13H21NO2/c15-11-13(6-2-1-3-7-13)10-14-9-12-5-4-8-16-12/h4-5,8,14-15H,1-3,6-7,9-11H2. The second kappa shape index (κ2) is 5.51. The molecule has 0 bridgehead atoms. The summed E-state index contributed by atoms with van der Waals surface area (Å²) in [6, 6.07) is 3.87. The van der Waals surface area contributed by atoms with E-state index >= 15 is 0 Å². The molecule has 1 aromatic heterocycles. The summed E-state index contributed by atoms with van der Waals surface area (Å²) in [4.78, 5) is 0. The summed E-state index contributed by atoms with van der Waals surface area (Å²) in [5.41, 5.74) is 0.116. The molecule has 0 radical (unpaired) electrons. The highest BCUT2D eigenvalue weighted by atomic mass is 16.3. The van der Waals surface area contributed by atoms with Crippen molar-refractivity contribution in [3.05, 3.63) is 24.2 Å². The van der Waals surface area contributed by atoms with Gasteiger partial charge in [-0.25, -0.2) is 0 Å². The molecule has 1 aliphatic carbocycles. The number of hydrogen-bond donors (Lipinski definition) is 2. The van der Waals surface area contributed by atoms with Gasteiger partial charge in [0.05, 0.1) is 12.8 Å². The Labute approximate surface area is 96.8 Å². The molecular weight excluding hydrogens is 202 g/mol. The summed E-state index contributed by atoms with van der Waals surface area (Å²) in [5, 5.41) is 12.9. The lowest BCUT2D eigenvalue weighted by Crippen LogP contribution is -2.38. The van der Waals surface area contributed by atoms with E-state index in [9.17, 15) is 5.11 Å². The van der Waals surface area contributed by atoms with Gasteiger partial charge in [0.15, 0.2) is 0 Å². The van der Waals surface area contributed by atoms with E-state index in [1.54, 1.807) is 6.26 Å². The number of rotatable bonds is 5. The number of nitrogens with one attached hydrogen (secondary N) is 1. The van der Waals surface area contributed by atoms with E-state index < -0.39 is 0 Å². The quantitative estimate of drug-likeness (QED) is 0.805. The van der Waals surface area contributed by atoms with Crippen LogP contribution in [0, 0.1) is 5.41 Å². The van der Waals surface area contributed by atoms with E-state index in [0.29, 0.717) is 6.61 Å². The first-order valence-electron chi connectivity index (χ1n) is 6.19. The first-order chi connectivity index (χ1) is 7.85. The molecule has 1 aliphatic rings. The number of aliphatic hydroxyl groups is 1. The van der Waals surface area contributed by atoms with Crippen LogP contribution >= 0.6 is 0 Å². The van der Waals surface area contributed by atoms with E-state index in [1.807, 2.05) is 12.1 Å². The zero-order valence-electron chi connectivity index (χ0n) is 9.74. The van der Waals surface area contributed by atoms with Crippen molar-refractivity contribution in [1.82, 2.24) is 5.32 Å². The van der Waals surface area contributed by atoms with Gasteiger partial charge in [0.1, 0.15) is 5.76 Å². The molecule has 1 saturated carbocycles. The third-order valence-corrected chi connectivity index (χ3v) is 3.63. The van der Waals surface area contributed by atoms with Crippen molar-refractivity contribution in [2.75, 3.05) is 13.2 Å². The summed E-state index contributed by atoms with van der Waals surface area (Å²) < 4.78 is 5.26. The summed E-state index contributed by atoms with van der Waals surface area (Å²) in [6.07, 6.45) is 7.81. The van der Waals surface area contributed by atoms with Crippen molar-refractivity contribution in [1.29, 1.82) is 0 Å². The van der Waals surface area contributed by atoms with Crippen LogP contribution in [0.1, 0.15) is 37.9 Å². The van der Waals surface area contributed by atoms with E-state index in [4.69, 9.17) is 4.42 Å². The Hall–Kier alpha value is -0.800. The van der Waals surface area contributed by atoms with Crippen LogP contribution in [0.25, 0.3) is 0 Å². The smallest absolute Gasteiger partial charge is 0.117 e. The summed E-state index contributed by atoms with van der Waals surface area (Å²) in [6.45, 7) is 1.96. The van der Waals surface area contributed by atoms with Gasteiger partial charge in [-0.05, 0) is 25.0 Å². The van der Waals surface area contributed by atoms with E-state index in [-0.39, 0.29) is 5.41 Å². The average Bonchev–Trinajstić information content (AvgIpc) is 2.83. The minimum absolute atomic E-state index is 0.116. The molecular formula is C13H21NO2. The number of hydrogen-bond acceptors (Lipinski definition) is 3. The Kier molecular flexibility index (Phi) is 4.02. The van der Waals surface area contributed by atoms with Gasteiger partial charge in [-0.2, -0.15) is 0 Å². The average molecular weight is 223 g/mol. The van der Waals surface area contributed by atoms with Crippen molar-refractivity contribution < 1.29 is 9.52 Å². The lowest BCUT2D eigenvalue weighted by atomic mass is 9.74. The first kappa shape index (κ1) is 11.7. The van der Waals surface area contributed by atoms with Crippen molar-refractivity contribution in [3.8, 4) is 0 Å². The molecule has 3 heteroatoms. The minimum Gasteiger partial charge on any atom is -0.468 e. The number of aliphatic hydroxyl groups excluding tert-OH is 1. The highest BCUT2D eigenvalue weighted by molar-refractivity contribution is 4.97. The highest BCUT2D eigenvalue weighted by Gasteiger charge is 2.30. The molecule has 0 spiro atoms. The van der Waals surface area contributed by atoms with E-state index in [2.05, 4.69) is 5.32 Å². The summed E-state index contributed by atoms with van der Waals surface area (Å²) in [5.74, 6) is 0.962.